The highest BCUT2D eigenvalue weighted by molar-refractivity contribution is 5.94. The van der Waals surface area contributed by atoms with E-state index in [0.29, 0.717) is 18.8 Å². The zero-order chi connectivity index (χ0) is 17.5. The van der Waals surface area contributed by atoms with Crippen LogP contribution in [0.2, 0.25) is 0 Å². The van der Waals surface area contributed by atoms with Crippen molar-refractivity contribution in [3.63, 3.8) is 0 Å². The Hall–Kier alpha value is -1.60. The molecule has 1 amide bonds. The van der Waals surface area contributed by atoms with Crippen LogP contribution in [0.4, 0.5) is 0 Å². The van der Waals surface area contributed by atoms with Gasteiger partial charge in [0.05, 0.1) is 12.6 Å². The molecule has 7 nitrogen and oxygen atoms in total. The second-order valence-corrected chi connectivity index (χ2v) is 6.57. The molecule has 0 radical (unpaired) electrons. The first-order valence-corrected chi connectivity index (χ1v) is 8.72. The van der Waals surface area contributed by atoms with E-state index in [1.807, 2.05) is 24.7 Å². The van der Waals surface area contributed by atoms with Crippen molar-refractivity contribution in [3.05, 3.63) is 18.0 Å². The van der Waals surface area contributed by atoms with Crippen LogP contribution in [0.25, 0.3) is 0 Å². The van der Waals surface area contributed by atoms with Gasteiger partial charge in [0, 0.05) is 19.3 Å². The van der Waals surface area contributed by atoms with Crippen LogP contribution in [0.5, 0.6) is 0 Å². The summed E-state index contributed by atoms with van der Waals surface area (Å²) in [7, 11) is 0. The molecule has 1 saturated heterocycles. The fourth-order valence-electron chi connectivity index (χ4n) is 2.90. The number of esters is 1. The summed E-state index contributed by atoms with van der Waals surface area (Å²) in [5.41, 5.74) is 0.380. The second kappa shape index (κ2) is 10.4. The Balaban J connectivity index is 0.00000312. The number of aromatic nitrogens is 2. The van der Waals surface area contributed by atoms with Gasteiger partial charge < -0.3 is 15.0 Å². The van der Waals surface area contributed by atoms with Crippen molar-refractivity contribution >= 4 is 24.3 Å². The summed E-state index contributed by atoms with van der Waals surface area (Å²) < 4.78 is 6.83. The first-order valence-electron chi connectivity index (χ1n) is 8.72. The molecule has 0 aromatic carbocycles. The minimum atomic E-state index is -0.387. The number of rotatable bonds is 7. The van der Waals surface area contributed by atoms with Crippen LogP contribution in [0.1, 0.15) is 50.1 Å². The Morgan fingerprint density at radius 2 is 2.24 bits per heavy atom. The molecule has 1 fully saturated rings. The van der Waals surface area contributed by atoms with Gasteiger partial charge in [0.1, 0.15) is 12.2 Å². The lowest BCUT2D eigenvalue weighted by Crippen LogP contribution is -2.39. The smallest absolute Gasteiger partial charge is 0.325 e. The van der Waals surface area contributed by atoms with Gasteiger partial charge in [-0.25, -0.2) is 0 Å². The first kappa shape index (κ1) is 21.4. The lowest BCUT2D eigenvalue weighted by atomic mass is 10.1. The molecule has 2 rings (SSSR count). The van der Waals surface area contributed by atoms with Crippen LogP contribution < -0.4 is 5.32 Å². The molecule has 142 valence electrons. The van der Waals surface area contributed by atoms with Crippen molar-refractivity contribution in [3.8, 4) is 0 Å². The molecule has 0 aliphatic carbocycles. The minimum absolute atomic E-state index is 0. The van der Waals surface area contributed by atoms with Gasteiger partial charge in [-0.1, -0.05) is 13.8 Å². The summed E-state index contributed by atoms with van der Waals surface area (Å²) >= 11 is 0. The quantitative estimate of drug-likeness (QED) is 0.739. The van der Waals surface area contributed by atoms with Crippen LogP contribution in [-0.4, -0.2) is 59.3 Å². The van der Waals surface area contributed by atoms with Crippen molar-refractivity contribution in [2.75, 3.05) is 32.8 Å². The number of nitrogens with one attached hydrogen (secondary N) is 1. The van der Waals surface area contributed by atoms with Crippen molar-refractivity contribution in [1.82, 2.24) is 20.0 Å². The second-order valence-electron chi connectivity index (χ2n) is 6.57. The van der Waals surface area contributed by atoms with E-state index in [9.17, 15) is 9.59 Å². The van der Waals surface area contributed by atoms with Gasteiger partial charge >= 0.3 is 5.97 Å². The Morgan fingerprint density at radius 1 is 1.48 bits per heavy atom. The van der Waals surface area contributed by atoms with Crippen molar-refractivity contribution in [1.29, 1.82) is 0 Å². The molecule has 0 bridgehead atoms. The Kier molecular flexibility index (Phi) is 8.92. The topological polar surface area (TPSA) is 76.5 Å². The molecule has 0 saturated carbocycles. The highest BCUT2D eigenvalue weighted by Gasteiger charge is 2.24. The highest BCUT2D eigenvalue weighted by Crippen LogP contribution is 2.16. The summed E-state index contributed by atoms with van der Waals surface area (Å²) in [6, 6.07) is 2.01. The molecule has 1 aliphatic heterocycles. The number of hydrogen-bond acceptors (Lipinski definition) is 5. The number of nitrogens with zero attached hydrogens (tertiary/aromatic N) is 3. The molecule has 2 heterocycles. The van der Waals surface area contributed by atoms with Gasteiger partial charge in [0.25, 0.3) is 5.91 Å². The summed E-state index contributed by atoms with van der Waals surface area (Å²) in [6.45, 7) is 8.45. The normalized spacial score (nSPS) is 17.0. The Labute approximate surface area is 155 Å². The summed E-state index contributed by atoms with van der Waals surface area (Å²) in [5, 5.41) is 7.79. The van der Waals surface area contributed by atoms with Crippen LogP contribution in [0.3, 0.4) is 0 Å². The SMILES string of the molecule is CCOC(=O)CN(CC(C)C)C(=O)c1ccn(C2CCCNC2)n1.Cl. The molecule has 1 unspecified atom stereocenters. The maximum absolute atomic E-state index is 12.7. The zero-order valence-electron chi connectivity index (χ0n) is 15.2. The maximum Gasteiger partial charge on any atom is 0.325 e. The fourth-order valence-corrected chi connectivity index (χ4v) is 2.90. The van der Waals surface area contributed by atoms with Crippen LogP contribution in [0, 0.1) is 5.92 Å². The largest absolute Gasteiger partial charge is 0.465 e. The van der Waals surface area contributed by atoms with E-state index < -0.39 is 0 Å². The van der Waals surface area contributed by atoms with Gasteiger partial charge in [-0.2, -0.15) is 5.10 Å². The molecular weight excluding hydrogens is 344 g/mol. The van der Waals surface area contributed by atoms with Gasteiger partial charge in [0.2, 0.25) is 0 Å². The summed E-state index contributed by atoms with van der Waals surface area (Å²) in [5.74, 6) is -0.352. The van der Waals surface area contributed by atoms with E-state index >= 15 is 0 Å². The van der Waals surface area contributed by atoms with Crippen molar-refractivity contribution in [2.45, 2.75) is 39.7 Å². The van der Waals surface area contributed by atoms with Crippen LogP contribution in [0.15, 0.2) is 12.3 Å². The predicted molar refractivity (Wildman–Crippen MR) is 98.0 cm³/mol. The highest BCUT2D eigenvalue weighted by atomic mass is 35.5. The predicted octanol–water partition coefficient (Wildman–Crippen LogP) is 1.89. The van der Waals surface area contributed by atoms with Gasteiger partial charge in [-0.15, -0.1) is 12.4 Å². The van der Waals surface area contributed by atoms with E-state index in [0.717, 1.165) is 25.9 Å². The van der Waals surface area contributed by atoms with Gasteiger partial charge in [-0.05, 0) is 38.3 Å². The Morgan fingerprint density at radius 3 is 2.84 bits per heavy atom. The third kappa shape index (κ3) is 6.32. The fraction of sp³-hybridized carbons (Fsp3) is 0.706. The molecular formula is C17H29ClN4O3. The number of amides is 1. The molecule has 1 aromatic heterocycles. The number of hydrogen-bond donors (Lipinski definition) is 1. The standard InChI is InChI=1S/C17H28N4O3.ClH/c1-4-24-16(22)12-20(11-13(2)3)17(23)15-7-9-21(19-15)14-6-5-8-18-10-14;/h7,9,13-14,18H,4-6,8,10-12H2,1-3H3;1H. The first-order chi connectivity index (χ1) is 11.5. The molecule has 1 atom stereocenters. The zero-order valence-corrected chi connectivity index (χ0v) is 16.1. The number of carbonyl (C=O) groups excluding carboxylic acids is 2. The number of carbonyl (C=O) groups is 2. The van der Waals surface area contributed by atoms with Gasteiger partial charge in [-0.3, -0.25) is 14.3 Å². The van der Waals surface area contributed by atoms with Crippen molar-refractivity contribution < 1.29 is 14.3 Å². The van der Waals surface area contributed by atoms with E-state index in [1.54, 1.807) is 13.0 Å². The van der Waals surface area contributed by atoms with E-state index in [-0.39, 0.29) is 42.8 Å². The van der Waals surface area contributed by atoms with Crippen molar-refractivity contribution in [2.24, 2.45) is 5.92 Å². The number of halogens is 1. The van der Waals surface area contributed by atoms with Crippen LogP contribution >= 0.6 is 12.4 Å². The third-order valence-electron chi connectivity index (χ3n) is 3.97. The number of ether oxygens (including phenoxy) is 1. The van der Waals surface area contributed by atoms with E-state index in [4.69, 9.17) is 4.74 Å². The third-order valence-corrected chi connectivity index (χ3v) is 3.97. The number of piperidine rings is 1. The molecule has 1 N–H and O–H groups in total. The van der Waals surface area contributed by atoms with E-state index in [2.05, 4.69) is 10.4 Å². The lowest BCUT2D eigenvalue weighted by Gasteiger charge is -2.24. The lowest BCUT2D eigenvalue weighted by molar-refractivity contribution is -0.143. The average Bonchev–Trinajstić information content (AvgIpc) is 3.04. The van der Waals surface area contributed by atoms with Gasteiger partial charge in [0.15, 0.2) is 0 Å². The van der Waals surface area contributed by atoms with E-state index in [1.165, 1.54) is 4.90 Å². The average molecular weight is 373 g/mol. The molecule has 8 heteroatoms. The Bertz CT molecular complexity index is 556. The molecule has 1 aliphatic rings. The summed E-state index contributed by atoms with van der Waals surface area (Å²) in [4.78, 5) is 26.0. The molecule has 1 aromatic rings. The molecule has 25 heavy (non-hydrogen) atoms. The maximum atomic E-state index is 12.7. The summed E-state index contributed by atoms with van der Waals surface area (Å²) in [6.07, 6.45) is 4.01. The minimum Gasteiger partial charge on any atom is -0.465 e. The van der Waals surface area contributed by atoms with Crippen LogP contribution in [-0.2, 0) is 9.53 Å². The molecule has 0 spiro atoms. The monoisotopic (exact) mass is 372 g/mol.